The van der Waals surface area contributed by atoms with Crippen molar-refractivity contribution >= 4 is 23.5 Å². The second kappa shape index (κ2) is 12.5. The standard InChI is InChI=1S/C36H40N2O7/c1-22-30(20-37-19-7-10-29(37)34(42)45-36(2,3)4)43-35(44-31(22)24-13-11-23(21-39)12-14-24)25-15-17-26(18-16-25)38-32(40)27-8-5-6-9-28(27)33(38)41/h5-6,8-9,11-18,22,29-31,35,39H,7,10,19-21H2,1-4H3/t22-,29-,30+,31+,35+/m0/s1. The molecule has 0 saturated carbocycles. The van der Waals surface area contributed by atoms with Crippen molar-refractivity contribution in [2.24, 2.45) is 5.92 Å². The molecule has 1 N–H and O–H groups in total. The monoisotopic (exact) mass is 612 g/mol. The molecule has 0 unspecified atom stereocenters. The van der Waals surface area contributed by atoms with E-state index in [0.29, 0.717) is 23.4 Å². The predicted molar refractivity (Wildman–Crippen MR) is 167 cm³/mol. The van der Waals surface area contributed by atoms with Crippen molar-refractivity contribution in [1.82, 2.24) is 4.90 Å². The Kier molecular flexibility index (Phi) is 8.63. The van der Waals surface area contributed by atoms with Crippen LogP contribution in [0.3, 0.4) is 0 Å². The van der Waals surface area contributed by atoms with Gasteiger partial charge in [0.05, 0.1) is 35.6 Å². The number of hydrogen-bond acceptors (Lipinski definition) is 8. The van der Waals surface area contributed by atoms with E-state index in [4.69, 9.17) is 14.2 Å². The summed E-state index contributed by atoms with van der Waals surface area (Å²) in [5.74, 6) is -0.965. The van der Waals surface area contributed by atoms with Gasteiger partial charge in [-0.05, 0) is 75.5 Å². The molecule has 2 amide bonds. The van der Waals surface area contributed by atoms with Gasteiger partial charge in [0, 0.05) is 18.0 Å². The number of ether oxygens (including phenoxy) is 3. The Labute approximate surface area is 263 Å². The number of benzene rings is 3. The van der Waals surface area contributed by atoms with Crippen molar-refractivity contribution in [1.29, 1.82) is 0 Å². The third-order valence-corrected chi connectivity index (χ3v) is 8.80. The lowest BCUT2D eigenvalue weighted by Crippen LogP contribution is -2.48. The number of aliphatic hydroxyl groups excluding tert-OH is 1. The van der Waals surface area contributed by atoms with E-state index in [1.165, 1.54) is 4.90 Å². The molecule has 3 aromatic rings. The molecule has 6 rings (SSSR count). The molecule has 0 bridgehead atoms. The molecule has 5 atom stereocenters. The summed E-state index contributed by atoms with van der Waals surface area (Å²) in [5, 5.41) is 9.57. The number of anilines is 1. The smallest absolute Gasteiger partial charge is 0.323 e. The molecule has 2 saturated heterocycles. The maximum atomic E-state index is 13.1. The van der Waals surface area contributed by atoms with Crippen LogP contribution in [0.25, 0.3) is 0 Å². The molecule has 9 heteroatoms. The summed E-state index contributed by atoms with van der Waals surface area (Å²) in [7, 11) is 0. The molecule has 0 radical (unpaired) electrons. The average Bonchev–Trinajstić information content (AvgIpc) is 3.59. The molecule has 45 heavy (non-hydrogen) atoms. The molecule has 2 fully saturated rings. The van der Waals surface area contributed by atoms with Gasteiger partial charge in [-0.25, -0.2) is 4.90 Å². The maximum absolute atomic E-state index is 13.1. The highest BCUT2D eigenvalue weighted by atomic mass is 16.7. The van der Waals surface area contributed by atoms with Crippen LogP contribution in [0.2, 0.25) is 0 Å². The highest BCUT2D eigenvalue weighted by Crippen LogP contribution is 2.43. The lowest BCUT2D eigenvalue weighted by Gasteiger charge is -2.43. The number of esters is 1. The summed E-state index contributed by atoms with van der Waals surface area (Å²) < 4.78 is 19.0. The lowest BCUT2D eigenvalue weighted by molar-refractivity contribution is -0.276. The van der Waals surface area contributed by atoms with Crippen LogP contribution in [0.4, 0.5) is 5.69 Å². The molecule has 236 valence electrons. The van der Waals surface area contributed by atoms with Gasteiger partial charge in [0.25, 0.3) is 11.8 Å². The van der Waals surface area contributed by atoms with Crippen LogP contribution < -0.4 is 4.90 Å². The molecule has 0 spiro atoms. The van der Waals surface area contributed by atoms with Crippen molar-refractivity contribution in [3.63, 3.8) is 0 Å². The number of carbonyl (C=O) groups is 3. The van der Waals surface area contributed by atoms with Crippen LogP contribution in [-0.4, -0.2) is 58.6 Å². The van der Waals surface area contributed by atoms with Crippen molar-refractivity contribution in [3.8, 4) is 0 Å². The van der Waals surface area contributed by atoms with Gasteiger partial charge in [0.15, 0.2) is 6.29 Å². The zero-order chi connectivity index (χ0) is 31.9. The van der Waals surface area contributed by atoms with Gasteiger partial charge in [-0.1, -0.05) is 55.5 Å². The highest BCUT2D eigenvalue weighted by molar-refractivity contribution is 6.34. The second-order valence-electron chi connectivity index (χ2n) is 13.1. The van der Waals surface area contributed by atoms with Crippen LogP contribution in [0, 0.1) is 5.92 Å². The fraction of sp³-hybridized carbons (Fsp3) is 0.417. The molecule has 3 aliphatic heterocycles. The van der Waals surface area contributed by atoms with Crippen molar-refractivity contribution in [2.75, 3.05) is 18.0 Å². The molecule has 3 aromatic carbocycles. The van der Waals surface area contributed by atoms with Crippen LogP contribution in [0.1, 0.15) is 90.3 Å². The summed E-state index contributed by atoms with van der Waals surface area (Å²) >= 11 is 0. The maximum Gasteiger partial charge on any atom is 0.323 e. The van der Waals surface area contributed by atoms with Crippen molar-refractivity contribution in [2.45, 2.75) is 77.3 Å². The number of amides is 2. The number of aliphatic hydroxyl groups is 1. The molecule has 3 aliphatic rings. The fourth-order valence-corrected chi connectivity index (χ4v) is 6.44. The Balaban J connectivity index is 1.25. The summed E-state index contributed by atoms with van der Waals surface area (Å²) in [6, 6.07) is 21.3. The minimum atomic E-state index is -0.729. The Hall–Kier alpha value is -3.89. The van der Waals surface area contributed by atoms with E-state index in [1.807, 2.05) is 57.2 Å². The number of fused-ring (bicyclic) bond motifs is 1. The number of imide groups is 1. The normalized spacial score (nSPS) is 25.4. The van der Waals surface area contributed by atoms with E-state index < -0.39 is 11.9 Å². The Morgan fingerprint density at radius 2 is 1.53 bits per heavy atom. The summed E-state index contributed by atoms with van der Waals surface area (Å²) in [5.41, 5.74) is 3.21. The lowest BCUT2D eigenvalue weighted by atomic mass is 9.90. The van der Waals surface area contributed by atoms with E-state index in [0.717, 1.165) is 36.1 Å². The average molecular weight is 613 g/mol. The van der Waals surface area contributed by atoms with Crippen LogP contribution in [-0.2, 0) is 25.6 Å². The van der Waals surface area contributed by atoms with Gasteiger partial charge >= 0.3 is 5.97 Å². The predicted octanol–water partition coefficient (Wildman–Crippen LogP) is 5.58. The van der Waals surface area contributed by atoms with Gasteiger partial charge in [0.1, 0.15) is 11.6 Å². The van der Waals surface area contributed by atoms with E-state index in [1.54, 1.807) is 36.4 Å². The number of likely N-dealkylation sites (tertiary alicyclic amines) is 1. The summed E-state index contributed by atoms with van der Waals surface area (Å²) in [6.45, 7) is 8.99. The van der Waals surface area contributed by atoms with Crippen molar-refractivity contribution in [3.05, 3.63) is 101 Å². The second-order valence-corrected chi connectivity index (χ2v) is 13.1. The fourth-order valence-electron chi connectivity index (χ4n) is 6.44. The number of carbonyl (C=O) groups excluding carboxylic acids is 3. The van der Waals surface area contributed by atoms with Gasteiger partial charge in [-0.3, -0.25) is 19.3 Å². The Morgan fingerprint density at radius 1 is 0.911 bits per heavy atom. The van der Waals surface area contributed by atoms with E-state index in [2.05, 4.69) is 11.8 Å². The Morgan fingerprint density at radius 3 is 2.13 bits per heavy atom. The highest BCUT2D eigenvalue weighted by Gasteiger charge is 2.43. The minimum Gasteiger partial charge on any atom is -0.459 e. The summed E-state index contributed by atoms with van der Waals surface area (Å²) in [4.78, 5) is 42.5. The summed E-state index contributed by atoms with van der Waals surface area (Å²) in [6.07, 6.45) is 0.315. The van der Waals surface area contributed by atoms with Crippen LogP contribution in [0.15, 0.2) is 72.8 Å². The number of rotatable bonds is 7. The Bertz CT molecular complexity index is 1530. The topological polar surface area (TPSA) is 106 Å². The van der Waals surface area contributed by atoms with Crippen LogP contribution in [0.5, 0.6) is 0 Å². The first-order chi connectivity index (χ1) is 21.5. The van der Waals surface area contributed by atoms with E-state index in [9.17, 15) is 19.5 Å². The van der Waals surface area contributed by atoms with Crippen LogP contribution >= 0.6 is 0 Å². The van der Waals surface area contributed by atoms with Gasteiger partial charge in [-0.2, -0.15) is 0 Å². The third-order valence-electron chi connectivity index (χ3n) is 8.80. The van der Waals surface area contributed by atoms with Gasteiger partial charge in [-0.15, -0.1) is 0 Å². The first-order valence-electron chi connectivity index (χ1n) is 15.6. The van der Waals surface area contributed by atoms with E-state index >= 15 is 0 Å². The van der Waals surface area contributed by atoms with Crippen molar-refractivity contribution < 1.29 is 33.7 Å². The minimum absolute atomic E-state index is 0.0455. The third kappa shape index (κ3) is 6.31. The molecular formula is C36H40N2O7. The SMILES string of the molecule is C[C@H]1[C@@H](CN2CCC[C@H]2C(=O)OC(C)(C)C)O[C@@H](c2ccc(N3C(=O)c4ccccc4C3=O)cc2)O[C@H]1c1ccc(CO)cc1. The first kappa shape index (κ1) is 31.1. The molecule has 0 aliphatic carbocycles. The molecular weight excluding hydrogens is 572 g/mol. The van der Waals surface area contributed by atoms with E-state index in [-0.39, 0.29) is 48.6 Å². The molecule has 9 nitrogen and oxygen atoms in total. The zero-order valence-electron chi connectivity index (χ0n) is 26.1. The molecule has 3 heterocycles. The zero-order valence-corrected chi connectivity index (χ0v) is 26.1. The first-order valence-corrected chi connectivity index (χ1v) is 15.6. The largest absolute Gasteiger partial charge is 0.459 e. The molecule has 0 aromatic heterocycles. The number of nitrogens with zero attached hydrogens (tertiary/aromatic N) is 2. The van der Waals surface area contributed by atoms with Gasteiger partial charge < -0.3 is 19.3 Å². The number of hydrogen-bond donors (Lipinski definition) is 1. The quantitative estimate of drug-likeness (QED) is 0.273. The van der Waals surface area contributed by atoms with Gasteiger partial charge in [0.2, 0.25) is 0 Å².